The third-order valence-electron chi connectivity index (χ3n) is 6.06. The van der Waals surface area contributed by atoms with E-state index in [2.05, 4.69) is 35.8 Å². The minimum atomic E-state index is 1.03. The van der Waals surface area contributed by atoms with Gasteiger partial charge in [0.1, 0.15) is 6.54 Å². The molecule has 2 nitrogen and oxygen atoms in total. The number of rotatable bonds is 11. The molecule has 0 fully saturated rings. The van der Waals surface area contributed by atoms with Gasteiger partial charge in [-0.3, -0.25) is 0 Å². The molecule has 1 aromatic carbocycles. The van der Waals surface area contributed by atoms with Crippen LogP contribution in [0.25, 0.3) is 10.9 Å². The van der Waals surface area contributed by atoms with Crippen LogP contribution in [0.4, 0.5) is 5.69 Å². The fraction of sp³-hybridized carbons (Fsp3) is 0.625. The molecular formula is C24H37N2+. The lowest BCUT2D eigenvalue weighted by Gasteiger charge is -2.10. The number of benzene rings is 1. The maximum atomic E-state index is 6.48. The summed E-state index contributed by atoms with van der Waals surface area (Å²) in [5.74, 6) is 0. The summed E-state index contributed by atoms with van der Waals surface area (Å²) in [5.41, 5.74) is 11.8. The Morgan fingerprint density at radius 2 is 1.50 bits per heavy atom. The van der Waals surface area contributed by atoms with Gasteiger partial charge in [0.05, 0.1) is 11.1 Å². The Labute approximate surface area is 159 Å². The van der Waals surface area contributed by atoms with E-state index in [9.17, 15) is 0 Å². The van der Waals surface area contributed by atoms with E-state index in [0.717, 1.165) is 18.7 Å². The van der Waals surface area contributed by atoms with Gasteiger partial charge in [0.2, 0.25) is 5.52 Å². The first-order chi connectivity index (χ1) is 12.8. The topological polar surface area (TPSA) is 29.9 Å². The molecule has 1 aromatic heterocycles. The molecular weight excluding hydrogens is 316 g/mol. The molecule has 2 aromatic rings. The monoisotopic (exact) mass is 353 g/mol. The van der Waals surface area contributed by atoms with Crippen LogP contribution in [0.2, 0.25) is 0 Å². The van der Waals surface area contributed by atoms with E-state index in [0.29, 0.717) is 0 Å². The zero-order chi connectivity index (χ0) is 18.2. The van der Waals surface area contributed by atoms with E-state index in [4.69, 9.17) is 5.73 Å². The minimum Gasteiger partial charge on any atom is -0.398 e. The van der Waals surface area contributed by atoms with Crippen LogP contribution in [0, 0.1) is 0 Å². The second-order valence-corrected chi connectivity index (χ2v) is 8.04. The second kappa shape index (κ2) is 9.94. The summed E-state index contributed by atoms with van der Waals surface area (Å²) in [4.78, 5) is 0. The molecule has 3 rings (SSSR count). The van der Waals surface area contributed by atoms with Crippen molar-refractivity contribution in [2.45, 2.75) is 96.9 Å². The number of para-hydroxylation sites is 1. The van der Waals surface area contributed by atoms with E-state index in [1.165, 1.54) is 99.2 Å². The first-order valence-electron chi connectivity index (χ1n) is 11.0. The maximum absolute atomic E-state index is 6.48. The molecule has 2 heteroatoms. The van der Waals surface area contributed by atoms with Crippen LogP contribution in [-0.4, -0.2) is 0 Å². The minimum absolute atomic E-state index is 1.03. The van der Waals surface area contributed by atoms with Gasteiger partial charge in [-0.15, -0.1) is 0 Å². The molecule has 0 saturated heterocycles. The number of aryl methyl sites for hydroxylation is 1. The number of aromatic nitrogens is 1. The summed E-state index contributed by atoms with van der Waals surface area (Å²) in [6.07, 6.45) is 17.6. The molecule has 26 heavy (non-hydrogen) atoms. The molecule has 142 valence electrons. The summed E-state index contributed by atoms with van der Waals surface area (Å²) in [7, 11) is 0. The number of hydrogen-bond acceptors (Lipinski definition) is 1. The maximum Gasteiger partial charge on any atom is 0.214 e. The van der Waals surface area contributed by atoms with E-state index in [-0.39, 0.29) is 0 Å². The van der Waals surface area contributed by atoms with Gasteiger partial charge >= 0.3 is 0 Å². The molecule has 0 unspecified atom stereocenters. The van der Waals surface area contributed by atoms with Crippen molar-refractivity contribution in [1.82, 2.24) is 0 Å². The fourth-order valence-corrected chi connectivity index (χ4v) is 4.57. The van der Waals surface area contributed by atoms with Gasteiger partial charge in [0.15, 0.2) is 5.69 Å². The van der Waals surface area contributed by atoms with Crippen molar-refractivity contribution in [3.8, 4) is 0 Å². The Kier molecular flexibility index (Phi) is 7.34. The lowest BCUT2D eigenvalue weighted by atomic mass is 10.0. The van der Waals surface area contributed by atoms with Gasteiger partial charge in [0, 0.05) is 24.5 Å². The van der Waals surface area contributed by atoms with Crippen molar-refractivity contribution < 1.29 is 4.57 Å². The number of unbranched alkanes of at least 4 members (excludes halogenated alkanes) is 9. The molecule has 2 N–H and O–H groups in total. The van der Waals surface area contributed by atoms with Crippen molar-refractivity contribution in [1.29, 1.82) is 0 Å². The largest absolute Gasteiger partial charge is 0.398 e. The van der Waals surface area contributed by atoms with Crippen molar-refractivity contribution in [2.24, 2.45) is 0 Å². The molecule has 0 saturated carbocycles. The van der Waals surface area contributed by atoms with Gasteiger partial charge in [0.25, 0.3) is 0 Å². The quantitative estimate of drug-likeness (QED) is 0.383. The first kappa shape index (κ1) is 19.2. The molecule has 0 aliphatic heterocycles. The molecule has 1 heterocycles. The van der Waals surface area contributed by atoms with Crippen LogP contribution in [0.5, 0.6) is 0 Å². The van der Waals surface area contributed by atoms with Gasteiger partial charge < -0.3 is 5.73 Å². The second-order valence-electron chi connectivity index (χ2n) is 8.04. The number of nitrogens with two attached hydrogens (primary N) is 1. The number of anilines is 1. The van der Waals surface area contributed by atoms with Crippen LogP contribution < -0.4 is 10.3 Å². The fourth-order valence-electron chi connectivity index (χ4n) is 4.57. The molecule has 0 radical (unpaired) electrons. The van der Waals surface area contributed by atoms with Crippen molar-refractivity contribution >= 4 is 16.6 Å². The third kappa shape index (κ3) is 4.58. The highest BCUT2D eigenvalue weighted by Crippen LogP contribution is 2.30. The van der Waals surface area contributed by atoms with E-state index in [1.54, 1.807) is 0 Å². The predicted octanol–water partition coefficient (Wildman–Crippen LogP) is 6.12. The first-order valence-corrected chi connectivity index (χ1v) is 11.0. The normalized spacial score (nSPS) is 13.4. The number of nitrogens with zero attached hydrogens (tertiary/aromatic N) is 1. The van der Waals surface area contributed by atoms with Crippen LogP contribution in [0.1, 0.15) is 88.8 Å². The predicted molar refractivity (Wildman–Crippen MR) is 112 cm³/mol. The average Bonchev–Trinajstić information content (AvgIpc) is 3.15. The van der Waals surface area contributed by atoms with Gasteiger partial charge in [-0.2, -0.15) is 4.57 Å². The van der Waals surface area contributed by atoms with E-state index in [1.807, 2.05) is 0 Å². The highest BCUT2D eigenvalue weighted by molar-refractivity contribution is 5.90. The zero-order valence-electron chi connectivity index (χ0n) is 16.7. The molecule has 1 aliphatic carbocycles. The molecule has 0 bridgehead atoms. The van der Waals surface area contributed by atoms with Gasteiger partial charge in [-0.25, -0.2) is 0 Å². The Balaban J connectivity index is 1.50. The van der Waals surface area contributed by atoms with E-state index < -0.39 is 0 Å². The lowest BCUT2D eigenvalue weighted by molar-refractivity contribution is -0.679. The summed E-state index contributed by atoms with van der Waals surface area (Å²) >= 11 is 0. The molecule has 0 spiro atoms. The van der Waals surface area contributed by atoms with Crippen molar-refractivity contribution in [3.05, 3.63) is 35.5 Å². The highest BCUT2D eigenvalue weighted by atomic mass is 15.0. The van der Waals surface area contributed by atoms with Crippen molar-refractivity contribution in [3.63, 3.8) is 0 Å². The Morgan fingerprint density at radius 1 is 0.846 bits per heavy atom. The number of nitrogen functional groups attached to an aromatic ring is 1. The Morgan fingerprint density at radius 3 is 2.23 bits per heavy atom. The number of pyridine rings is 1. The number of fused-ring (bicyclic) bond motifs is 2. The van der Waals surface area contributed by atoms with Crippen LogP contribution in [0.15, 0.2) is 24.3 Å². The van der Waals surface area contributed by atoms with Crippen LogP contribution >= 0.6 is 0 Å². The SMILES string of the molecule is CCCCCCCCCCCC[n+]1c2c(c(N)c3ccccc31)CCC2. The standard InChI is InChI=1S/C24H36N2/c1-2-3-4-5-6-7-8-9-10-13-19-26-22-17-12-11-15-20(22)24(25)21-16-14-18-23(21)26/h11-12,15,17,25H,2-10,13-14,16,18-19H2,1H3/p+1. The van der Waals surface area contributed by atoms with Crippen molar-refractivity contribution in [2.75, 3.05) is 5.73 Å². The molecule has 0 amide bonds. The lowest BCUT2D eigenvalue weighted by Crippen LogP contribution is -2.40. The van der Waals surface area contributed by atoms with Gasteiger partial charge in [-0.1, -0.05) is 70.4 Å². The van der Waals surface area contributed by atoms with Crippen LogP contribution in [-0.2, 0) is 19.4 Å². The Hall–Kier alpha value is -1.57. The summed E-state index contributed by atoms with van der Waals surface area (Å²) in [6.45, 7) is 3.44. The Bertz CT molecular complexity index is 705. The summed E-state index contributed by atoms with van der Waals surface area (Å²) in [6, 6.07) is 8.71. The van der Waals surface area contributed by atoms with Gasteiger partial charge in [-0.05, 0) is 25.3 Å². The zero-order valence-corrected chi connectivity index (χ0v) is 16.7. The highest BCUT2D eigenvalue weighted by Gasteiger charge is 2.27. The number of hydrogen-bond donors (Lipinski definition) is 1. The molecule has 1 aliphatic rings. The van der Waals surface area contributed by atoms with E-state index >= 15 is 0 Å². The average molecular weight is 354 g/mol. The smallest absolute Gasteiger partial charge is 0.214 e. The summed E-state index contributed by atoms with van der Waals surface area (Å²) in [5, 5.41) is 1.25. The third-order valence-corrected chi connectivity index (χ3v) is 6.06. The van der Waals surface area contributed by atoms with Crippen LogP contribution in [0.3, 0.4) is 0 Å². The molecule has 0 atom stereocenters. The summed E-state index contributed by atoms with van der Waals surface area (Å²) < 4.78 is 2.58.